The molecule has 3 aromatic rings. The number of hydrogen-bond donors (Lipinski definition) is 1. The number of likely N-dealkylation sites (N-methyl/N-ethyl adjacent to an activating group) is 1. The molecular formula is C32H38N2O7. The van der Waals surface area contributed by atoms with Crippen LogP contribution >= 0.6 is 0 Å². The number of aryl methyl sites for hydroxylation is 1. The van der Waals surface area contributed by atoms with E-state index < -0.39 is 35.3 Å². The number of fused-ring (bicyclic) bond motifs is 5. The Hall–Kier alpha value is -3.98. The van der Waals surface area contributed by atoms with Crippen molar-refractivity contribution < 1.29 is 33.1 Å². The molecule has 1 atom stereocenters. The third-order valence-corrected chi connectivity index (χ3v) is 7.15. The zero-order chi connectivity index (χ0) is 30.2. The molecule has 9 heteroatoms. The molecule has 218 valence electrons. The van der Waals surface area contributed by atoms with E-state index in [2.05, 4.69) is 5.32 Å². The summed E-state index contributed by atoms with van der Waals surface area (Å²) >= 11 is 0. The van der Waals surface area contributed by atoms with Gasteiger partial charge < -0.3 is 19.2 Å². The summed E-state index contributed by atoms with van der Waals surface area (Å²) in [7, 11) is 1.84. The Morgan fingerprint density at radius 3 is 2.34 bits per heavy atom. The van der Waals surface area contributed by atoms with Gasteiger partial charge in [-0.1, -0.05) is 38.1 Å². The molecule has 2 aromatic carbocycles. The fourth-order valence-electron chi connectivity index (χ4n) is 5.00. The van der Waals surface area contributed by atoms with Gasteiger partial charge in [0.2, 0.25) is 11.6 Å². The van der Waals surface area contributed by atoms with E-state index in [0.29, 0.717) is 46.9 Å². The molecule has 1 heterocycles. The van der Waals surface area contributed by atoms with Crippen LogP contribution in [0, 0.1) is 19.8 Å². The Morgan fingerprint density at radius 1 is 1.00 bits per heavy atom. The van der Waals surface area contributed by atoms with Gasteiger partial charge in [-0.25, -0.2) is 9.59 Å². The Labute approximate surface area is 240 Å². The summed E-state index contributed by atoms with van der Waals surface area (Å²) in [5.74, 6) is -0.870. The third kappa shape index (κ3) is 6.20. The van der Waals surface area contributed by atoms with Crippen LogP contribution in [0.4, 0.5) is 4.79 Å². The average molecular weight is 563 g/mol. The number of carbonyl (C=O) groups is 4. The van der Waals surface area contributed by atoms with Gasteiger partial charge >= 0.3 is 12.1 Å². The number of hydrogen-bond acceptors (Lipinski definition) is 8. The zero-order valence-electron chi connectivity index (χ0n) is 25.0. The number of amides is 1. The van der Waals surface area contributed by atoms with Gasteiger partial charge in [-0.3, -0.25) is 14.5 Å². The second-order valence-electron chi connectivity index (χ2n) is 11.9. The molecule has 41 heavy (non-hydrogen) atoms. The molecule has 9 nitrogen and oxygen atoms in total. The Kier molecular flexibility index (Phi) is 8.40. The van der Waals surface area contributed by atoms with Crippen LogP contribution in [0.2, 0.25) is 0 Å². The highest BCUT2D eigenvalue weighted by molar-refractivity contribution is 6.54. The highest BCUT2D eigenvalue weighted by Gasteiger charge is 2.37. The number of nitrogens with zero attached hydrogens (tertiary/aromatic N) is 1. The molecule has 4 rings (SSSR count). The first-order valence-electron chi connectivity index (χ1n) is 13.8. The maximum Gasteiger partial charge on any atom is 0.408 e. The van der Waals surface area contributed by atoms with E-state index in [4.69, 9.17) is 13.9 Å². The molecule has 1 aliphatic carbocycles. The first-order valence-corrected chi connectivity index (χ1v) is 13.8. The molecule has 0 aliphatic heterocycles. The van der Waals surface area contributed by atoms with Crippen LogP contribution in [-0.2, 0) is 20.8 Å². The molecule has 0 radical (unpaired) electrons. The summed E-state index contributed by atoms with van der Waals surface area (Å²) in [6.07, 6.45) is -0.680. The van der Waals surface area contributed by atoms with E-state index >= 15 is 0 Å². The number of rotatable bonds is 8. The molecule has 0 unspecified atom stereocenters. The summed E-state index contributed by atoms with van der Waals surface area (Å²) < 4.78 is 17.0. The maximum absolute atomic E-state index is 13.2. The predicted molar refractivity (Wildman–Crippen MR) is 155 cm³/mol. The van der Waals surface area contributed by atoms with Crippen LogP contribution in [-0.4, -0.2) is 60.4 Å². The van der Waals surface area contributed by atoms with Crippen molar-refractivity contribution in [3.05, 3.63) is 58.3 Å². The van der Waals surface area contributed by atoms with Gasteiger partial charge in [-0.15, -0.1) is 0 Å². The van der Waals surface area contributed by atoms with Gasteiger partial charge in [0.1, 0.15) is 29.8 Å². The van der Waals surface area contributed by atoms with E-state index in [1.807, 2.05) is 63.1 Å². The lowest BCUT2D eigenvalue weighted by molar-refractivity contribution is -0.147. The fourth-order valence-corrected chi connectivity index (χ4v) is 5.00. The summed E-state index contributed by atoms with van der Waals surface area (Å²) in [5, 5.41) is 4.26. The minimum Gasteiger partial charge on any atom is -0.463 e. The lowest BCUT2D eigenvalue weighted by atomic mass is 9.83. The first kappa shape index (κ1) is 30.0. The molecule has 0 fully saturated rings. The normalized spacial score (nSPS) is 13.8. The smallest absolute Gasteiger partial charge is 0.408 e. The molecule has 1 aromatic heterocycles. The van der Waals surface area contributed by atoms with Crippen molar-refractivity contribution in [3.63, 3.8) is 0 Å². The van der Waals surface area contributed by atoms with Crippen molar-refractivity contribution in [2.24, 2.45) is 5.92 Å². The van der Waals surface area contributed by atoms with Gasteiger partial charge in [-0.05, 0) is 70.0 Å². The second kappa shape index (κ2) is 11.5. The SMILES string of the molecule is Cc1c(CN(C)CCOC(=O)[C@@H](NC(=O)OC(C)(C)C)C(C)C)oc2c1C(=O)C(=O)c1c-2ccc2c(C)cccc12. The molecular weight excluding hydrogens is 524 g/mol. The van der Waals surface area contributed by atoms with Gasteiger partial charge in [0, 0.05) is 23.2 Å². The van der Waals surface area contributed by atoms with Crippen LogP contribution in [0.25, 0.3) is 22.1 Å². The summed E-state index contributed by atoms with van der Waals surface area (Å²) in [6, 6.07) is 8.66. The average Bonchev–Trinajstić information content (AvgIpc) is 3.20. The summed E-state index contributed by atoms with van der Waals surface area (Å²) in [5.41, 5.74) is 2.26. The van der Waals surface area contributed by atoms with Crippen molar-refractivity contribution in [3.8, 4) is 11.3 Å². The van der Waals surface area contributed by atoms with Gasteiger partial charge in [-0.2, -0.15) is 0 Å². The molecule has 1 amide bonds. The second-order valence-corrected chi connectivity index (χ2v) is 11.9. The van der Waals surface area contributed by atoms with Crippen molar-refractivity contribution in [1.29, 1.82) is 0 Å². The first-order chi connectivity index (χ1) is 19.2. The number of benzene rings is 2. The standard InChI is InChI=1S/C32H38N2O7/c1-17(2)26(33-31(38)41-32(5,6)7)30(37)39-15-14-34(8)16-23-19(4)24-27(35)28(36)25-21-11-9-10-18(3)20(21)12-13-22(25)29(24)40-23/h9-13,17,26H,14-16H2,1-8H3,(H,33,38)/t26-/m0/s1. The topological polar surface area (TPSA) is 115 Å². The predicted octanol–water partition coefficient (Wildman–Crippen LogP) is 5.62. The minimum absolute atomic E-state index is 0.0829. The number of furan rings is 1. The van der Waals surface area contributed by atoms with Crippen LogP contribution in [0.1, 0.15) is 72.2 Å². The number of nitrogens with one attached hydrogen (secondary N) is 1. The number of ketones is 2. The van der Waals surface area contributed by atoms with Crippen molar-refractivity contribution in [2.45, 2.75) is 66.7 Å². The highest BCUT2D eigenvalue weighted by Crippen LogP contribution is 2.41. The molecule has 0 saturated heterocycles. The van der Waals surface area contributed by atoms with Gasteiger partial charge in [0.25, 0.3) is 0 Å². The Balaban J connectivity index is 1.45. The van der Waals surface area contributed by atoms with Crippen LogP contribution in [0.15, 0.2) is 34.7 Å². The van der Waals surface area contributed by atoms with Gasteiger partial charge in [0.15, 0.2) is 0 Å². The number of esters is 1. The van der Waals surface area contributed by atoms with E-state index in [1.54, 1.807) is 27.7 Å². The van der Waals surface area contributed by atoms with Crippen LogP contribution in [0.3, 0.4) is 0 Å². The van der Waals surface area contributed by atoms with E-state index in [1.165, 1.54) is 0 Å². The number of Topliss-reactive ketones (excluding diaryl/α,β-unsaturated/α-hetero) is 2. The molecule has 1 aliphatic rings. The highest BCUT2D eigenvalue weighted by atomic mass is 16.6. The maximum atomic E-state index is 13.2. The van der Waals surface area contributed by atoms with E-state index in [0.717, 1.165) is 16.3 Å². The molecule has 0 saturated carbocycles. The molecule has 1 N–H and O–H groups in total. The Morgan fingerprint density at radius 2 is 1.68 bits per heavy atom. The largest absolute Gasteiger partial charge is 0.463 e. The lowest BCUT2D eigenvalue weighted by Crippen LogP contribution is -2.47. The van der Waals surface area contributed by atoms with Crippen molar-refractivity contribution in [2.75, 3.05) is 20.2 Å². The van der Waals surface area contributed by atoms with Crippen LogP contribution in [0.5, 0.6) is 0 Å². The fraction of sp³-hybridized carbons (Fsp3) is 0.438. The van der Waals surface area contributed by atoms with E-state index in [-0.39, 0.29) is 12.5 Å². The van der Waals surface area contributed by atoms with Crippen molar-refractivity contribution >= 4 is 34.4 Å². The summed E-state index contributed by atoms with van der Waals surface area (Å²) in [6.45, 7) is 13.4. The quantitative estimate of drug-likeness (QED) is 0.278. The lowest BCUT2D eigenvalue weighted by Gasteiger charge is -2.25. The van der Waals surface area contributed by atoms with Gasteiger partial charge in [0.05, 0.1) is 12.1 Å². The summed E-state index contributed by atoms with van der Waals surface area (Å²) in [4.78, 5) is 53.3. The van der Waals surface area contributed by atoms with Crippen LogP contribution < -0.4 is 5.32 Å². The van der Waals surface area contributed by atoms with E-state index in [9.17, 15) is 19.2 Å². The molecule has 0 spiro atoms. The number of carbonyl (C=O) groups excluding carboxylic acids is 4. The number of ether oxygens (including phenoxy) is 2. The number of alkyl carbamates (subject to hydrolysis) is 1. The molecule has 0 bridgehead atoms. The Bertz CT molecular complexity index is 1530. The van der Waals surface area contributed by atoms with Crippen molar-refractivity contribution in [1.82, 2.24) is 10.2 Å². The minimum atomic E-state index is -0.849. The monoisotopic (exact) mass is 562 g/mol. The third-order valence-electron chi connectivity index (χ3n) is 7.15. The zero-order valence-corrected chi connectivity index (χ0v) is 25.0.